The Morgan fingerprint density at radius 1 is 1.35 bits per heavy atom. The van der Waals surface area contributed by atoms with E-state index < -0.39 is 0 Å². The molecule has 0 spiro atoms. The molecule has 3 rings (SSSR count). The topological polar surface area (TPSA) is 59.4 Å². The summed E-state index contributed by atoms with van der Waals surface area (Å²) < 4.78 is 7.29. The zero-order valence-electron chi connectivity index (χ0n) is 13.3. The number of hydrogen-bond donors (Lipinski definition) is 1. The zero-order chi connectivity index (χ0) is 16.1. The van der Waals surface area contributed by atoms with Gasteiger partial charge in [-0.2, -0.15) is 5.10 Å². The van der Waals surface area contributed by atoms with Gasteiger partial charge in [-0.1, -0.05) is 30.3 Å². The first kappa shape index (κ1) is 15.7. The van der Waals surface area contributed by atoms with Crippen molar-refractivity contribution < 1.29 is 9.53 Å². The summed E-state index contributed by atoms with van der Waals surface area (Å²) in [5, 5.41) is 7.24. The van der Waals surface area contributed by atoms with E-state index in [0.29, 0.717) is 19.7 Å². The highest BCUT2D eigenvalue weighted by Crippen LogP contribution is 2.11. The molecule has 0 saturated carbocycles. The van der Waals surface area contributed by atoms with Gasteiger partial charge in [-0.25, -0.2) is 4.68 Å². The maximum Gasteiger partial charge on any atom is 0.239 e. The van der Waals surface area contributed by atoms with Crippen molar-refractivity contribution in [3.05, 3.63) is 48.2 Å². The lowest BCUT2D eigenvalue weighted by atomic mass is 10.2. The van der Waals surface area contributed by atoms with Gasteiger partial charge in [0, 0.05) is 19.2 Å². The number of aromatic nitrogens is 2. The summed E-state index contributed by atoms with van der Waals surface area (Å²) in [6, 6.07) is 11.9. The summed E-state index contributed by atoms with van der Waals surface area (Å²) in [4.78, 5) is 14.4. The van der Waals surface area contributed by atoms with Crippen LogP contribution in [0.15, 0.2) is 42.6 Å². The van der Waals surface area contributed by atoms with Crippen molar-refractivity contribution in [3.63, 3.8) is 0 Å². The van der Waals surface area contributed by atoms with E-state index in [0.717, 1.165) is 24.5 Å². The molecule has 2 aromatic rings. The Bertz CT molecular complexity index is 641. The van der Waals surface area contributed by atoms with Crippen molar-refractivity contribution in [2.45, 2.75) is 19.6 Å². The van der Waals surface area contributed by atoms with Crippen LogP contribution in [0.25, 0.3) is 0 Å². The van der Waals surface area contributed by atoms with Crippen molar-refractivity contribution in [3.8, 4) is 0 Å². The van der Waals surface area contributed by atoms with Gasteiger partial charge in [0.2, 0.25) is 5.91 Å². The fourth-order valence-electron chi connectivity index (χ4n) is 2.74. The number of rotatable bonds is 5. The number of nitrogens with zero attached hydrogens (tertiary/aromatic N) is 3. The van der Waals surface area contributed by atoms with Crippen molar-refractivity contribution in [1.29, 1.82) is 0 Å². The van der Waals surface area contributed by atoms with E-state index in [1.165, 1.54) is 0 Å². The first-order valence-corrected chi connectivity index (χ1v) is 7.90. The lowest BCUT2D eigenvalue weighted by Gasteiger charge is -2.30. The van der Waals surface area contributed by atoms with Gasteiger partial charge in [-0.15, -0.1) is 0 Å². The summed E-state index contributed by atoms with van der Waals surface area (Å²) >= 11 is 0. The molecule has 1 N–H and O–H groups in total. The summed E-state index contributed by atoms with van der Waals surface area (Å²) in [7, 11) is 0. The number of carbonyl (C=O) groups excluding carboxylic acids is 1. The van der Waals surface area contributed by atoms with Gasteiger partial charge in [0.15, 0.2) is 0 Å². The SMILES string of the molecule is C[C@H]1CN(CC(=O)Nc2ccnn2Cc2ccccc2)CCO1. The van der Waals surface area contributed by atoms with Gasteiger partial charge in [-0.05, 0) is 12.5 Å². The van der Waals surface area contributed by atoms with Gasteiger partial charge >= 0.3 is 0 Å². The third kappa shape index (κ3) is 4.40. The Kier molecular flexibility index (Phi) is 5.05. The Labute approximate surface area is 136 Å². The number of morpholine rings is 1. The summed E-state index contributed by atoms with van der Waals surface area (Å²) in [6.45, 7) is 5.30. The first-order valence-electron chi connectivity index (χ1n) is 7.90. The van der Waals surface area contributed by atoms with Crippen LogP contribution in [0.1, 0.15) is 12.5 Å². The van der Waals surface area contributed by atoms with Crippen LogP contribution < -0.4 is 5.32 Å². The van der Waals surface area contributed by atoms with E-state index >= 15 is 0 Å². The molecule has 1 amide bonds. The molecule has 1 aromatic carbocycles. The largest absolute Gasteiger partial charge is 0.376 e. The molecule has 1 fully saturated rings. The van der Waals surface area contributed by atoms with Gasteiger partial charge in [0.25, 0.3) is 0 Å². The number of hydrogen-bond acceptors (Lipinski definition) is 4. The summed E-state index contributed by atoms with van der Waals surface area (Å²) in [6.07, 6.45) is 1.88. The second-order valence-electron chi connectivity index (χ2n) is 5.82. The molecule has 6 nitrogen and oxygen atoms in total. The van der Waals surface area contributed by atoms with Crippen LogP contribution in [0.4, 0.5) is 5.82 Å². The quantitative estimate of drug-likeness (QED) is 0.910. The van der Waals surface area contributed by atoms with Crippen LogP contribution in [0.3, 0.4) is 0 Å². The van der Waals surface area contributed by atoms with Gasteiger partial charge in [0.05, 0.1) is 32.0 Å². The molecule has 0 aliphatic carbocycles. The van der Waals surface area contributed by atoms with Crippen LogP contribution in [-0.2, 0) is 16.1 Å². The molecule has 23 heavy (non-hydrogen) atoms. The lowest BCUT2D eigenvalue weighted by Crippen LogP contribution is -2.44. The van der Waals surface area contributed by atoms with Gasteiger partial charge in [-0.3, -0.25) is 9.69 Å². The average molecular weight is 314 g/mol. The van der Waals surface area contributed by atoms with Crippen LogP contribution >= 0.6 is 0 Å². The molecule has 1 aliphatic rings. The van der Waals surface area contributed by atoms with E-state index in [4.69, 9.17) is 4.74 Å². The normalized spacial score (nSPS) is 18.7. The Balaban J connectivity index is 1.58. The minimum Gasteiger partial charge on any atom is -0.376 e. The maximum atomic E-state index is 12.3. The van der Waals surface area contributed by atoms with Crippen molar-refractivity contribution in [2.24, 2.45) is 0 Å². The highest BCUT2D eigenvalue weighted by Gasteiger charge is 2.19. The lowest BCUT2D eigenvalue weighted by molar-refractivity contribution is -0.119. The number of nitrogens with one attached hydrogen (secondary N) is 1. The molecule has 1 saturated heterocycles. The Hall–Kier alpha value is -2.18. The molecule has 0 radical (unpaired) electrons. The minimum absolute atomic E-state index is 0.0195. The Morgan fingerprint density at radius 3 is 2.96 bits per heavy atom. The van der Waals surface area contributed by atoms with Gasteiger partial charge in [0.1, 0.15) is 5.82 Å². The second-order valence-corrected chi connectivity index (χ2v) is 5.82. The van der Waals surface area contributed by atoms with Crippen molar-refractivity contribution in [1.82, 2.24) is 14.7 Å². The molecular weight excluding hydrogens is 292 g/mol. The molecule has 1 aliphatic heterocycles. The van der Waals surface area contributed by atoms with E-state index in [2.05, 4.69) is 15.3 Å². The zero-order valence-corrected chi connectivity index (χ0v) is 13.3. The van der Waals surface area contributed by atoms with Crippen molar-refractivity contribution >= 4 is 11.7 Å². The number of benzene rings is 1. The monoisotopic (exact) mass is 314 g/mol. The summed E-state index contributed by atoms with van der Waals surface area (Å²) in [5.41, 5.74) is 1.15. The number of anilines is 1. The number of amides is 1. The van der Waals surface area contributed by atoms with Crippen LogP contribution in [0.2, 0.25) is 0 Å². The molecular formula is C17H22N4O2. The smallest absolute Gasteiger partial charge is 0.239 e. The highest BCUT2D eigenvalue weighted by molar-refractivity contribution is 5.91. The molecule has 0 unspecified atom stereocenters. The van der Waals surface area contributed by atoms with Crippen LogP contribution in [0.5, 0.6) is 0 Å². The van der Waals surface area contributed by atoms with E-state index in [9.17, 15) is 4.79 Å². The third-order valence-electron chi connectivity index (χ3n) is 3.85. The third-order valence-corrected chi connectivity index (χ3v) is 3.85. The number of ether oxygens (including phenoxy) is 1. The second kappa shape index (κ2) is 7.39. The predicted molar refractivity (Wildman–Crippen MR) is 88.3 cm³/mol. The average Bonchev–Trinajstić information content (AvgIpc) is 2.95. The van der Waals surface area contributed by atoms with E-state index in [1.807, 2.05) is 43.3 Å². The molecule has 0 bridgehead atoms. The van der Waals surface area contributed by atoms with E-state index in [-0.39, 0.29) is 12.0 Å². The maximum absolute atomic E-state index is 12.3. The van der Waals surface area contributed by atoms with Crippen LogP contribution in [0, 0.1) is 0 Å². The summed E-state index contributed by atoms with van der Waals surface area (Å²) in [5.74, 6) is 0.703. The number of carbonyl (C=O) groups is 1. The van der Waals surface area contributed by atoms with Crippen molar-refractivity contribution in [2.75, 3.05) is 31.6 Å². The van der Waals surface area contributed by atoms with Gasteiger partial charge < -0.3 is 10.1 Å². The molecule has 1 atom stereocenters. The predicted octanol–water partition coefficient (Wildman–Crippen LogP) is 1.59. The molecule has 6 heteroatoms. The standard InChI is InChI=1S/C17H22N4O2/c1-14-11-20(9-10-23-14)13-17(22)19-16-7-8-18-21(16)12-15-5-3-2-4-6-15/h2-8,14H,9-13H2,1H3,(H,19,22)/t14-/m0/s1. The van der Waals surface area contributed by atoms with E-state index in [1.54, 1.807) is 10.9 Å². The Morgan fingerprint density at radius 2 is 2.17 bits per heavy atom. The fourth-order valence-corrected chi connectivity index (χ4v) is 2.74. The minimum atomic E-state index is -0.0195. The first-order chi connectivity index (χ1) is 11.2. The fraction of sp³-hybridized carbons (Fsp3) is 0.412. The highest BCUT2D eigenvalue weighted by atomic mass is 16.5. The van der Waals surface area contributed by atoms with Crippen LogP contribution in [-0.4, -0.2) is 52.9 Å². The molecule has 1 aromatic heterocycles. The molecule has 2 heterocycles. The molecule has 122 valence electrons.